The van der Waals surface area contributed by atoms with Gasteiger partial charge in [0, 0.05) is 17.7 Å². The van der Waals surface area contributed by atoms with Gasteiger partial charge in [-0.05, 0) is 79.4 Å². The predicted molar refractivity (Wildman–Crippen MR) is 143 cm³/mol. The highest BCUT2D eigenvalue weighted by Gasteiger charge is 2.31. The number of aliphatic hydroxyl groups excluding tert-OH is 1. The Morgan fingerprint density at radius 2 is 1.89 bits per heavy atom. The lowest BCUT2D eigenvalue weighted by atomic mass is 9.96. The van der Waals surface area contributed by atoms with Crippen molar-refractivity contribution >= 4 is 34.0 Å². The summed E-state index contributed by atoms with van der Waals surface area (Å²) in [5, 5.41) is 21.2. The third-order valence-electron chi connectivity index (χ3n) is 7.28. The van der Waals surface area contributed by atoms with E-state index in [1.807, 2.05) is 42.5 Å². The SMILES string of the molecule is O=C(N[C@H](CN1CCCC1)[C@H](O)c1ccc(OC2CC2)c(Cl)c1)C1=NOCc2cc3ccccc3cc21. The number of ether oxygens (including phenoxy) is 1. The Morgan fingerprint density at radius 1 is 1.14 bits per heavy atom. The van der Waals surface area contributed by atoms with Gasteiger partial charge >= 0.3 is 0 Å². The smallest absolute Gasteiger partial charge is 0.274 e. The number of oxime groups is 1. The first-order valence-electron chi connectivity index (χ1n) is 12.9. The quantitative estimate of drug-likeness (QED) is 0.455. The summed E-state index contributed by atoms with van der Waals surface area (Å²) in [6.07, 6.45) is 3.56. The summed E-state index contributed by atoms with van der Waals surface area (Å²) in [4.78, 5) is 21.3. The molecule has 37 heavy (non-hydrogen) atoms. The van der Waals surface area contributed by atoms with Gasteiger partial charge in [0.1, 0.15) is 18.5 Å². The van der Waals surface area contributed by atoms with Crippen LogP contribution in [0, 0.1) is 0 Å². The third kappa shape index (κ3) is 5.30. The van der Waals surface area contributed by atoms with E-state index in [4.69, 9.17) is 21.2 Å². The summed E-state index contributed by atoms with van der Waals surface area (Å²) in [7, 11) is 0. The molecule has 6 rings (SSSR count). The molecule has 192 valence electrons. The molecule has 2 atom stereocenters. The lowest BCUT2D eigenvalue weighted by molar-refractivity contribution is -0.116. The van der Waals surface area contributed by atoms with Crippen LogP contribution in [0.4, 0.5) is 0 Å². The predicted octanol–water partition coefficient (Wildman–Crippen LogP) is 4.58. The molecule has 3 aromatic carbocycles. The monoisotopic (exact) mass is 519 g/mol. The van der Waals surface area contributed by atoms with Crippen LogP contribution in [0.15, 0.2) is 59.8 Å². The zero-order chi connectivity index (χ0) is 25.4. The van der Waals surface area contributed by atoms with Crippen molar-refractivity contribution in [1.29, 1.82) is 0 Å². The molecular formula is C29H30ClN3O4. The summed E-state index contributed by atoms with van der Waals surface area (Å²) in [5.74, 6) is 0.247. The third-order valence-corrected chi connectivity index (χ3v) is 7.58. The van der Waals surface area contributed by atoms with Crippen molar-refractivity contribution < 1.29 is 19.5 Å². The lowest BCUT2D eigenvalue weighted by Gasteiger charge is -2.29. The zero-order valence-corrected chi connectivity index (χ0v) is 21.3. The summed E-state index contributed by atoms with van der Waals surface area (Å²) < 4.78 is 5.85. The van der Waals surface area contributed by atoms with Crippen molar-refractivity contribution in [2.75, 3.05) is 19.6 Å². The van der Waals surface area contributed by atoms with Crippen molar-refractivity contribution in [3.8, 4) is 5.75 Å². The number of carbonyl (C=O) groups is 1. The molecule has 0 unspecified atom stereocenters. The molecule has 1 saturated carbocycles. The van der Waals surface area contributed by atoms with Gasteiger partial charge in [0.05, 0.1) is 17.2 Å². The fourth-order valence-corrected chi connectivity index (χ4v) is 5.34. The minimum atomic E-state index is -0.960. The summed E-state index contributed by atoms with van der Waals surface area (Å²) in [6, 6.07) is 16.8. The van der Waals surface area contributed by atoms with Gasteiger partial charge in [-0.3, -0.25) is 4.79 Å². The number of rotatable bonds is 8. The molecule has 7 nitrogen and oxygen atoms in total. The largest absolute Gasteiger partial charge is 0.489 e. The van der Waals surface area contributed by atoms with E-state index in [9.17, 15) is 9.90 Å². The molecule has 2 N–H and O–H groups in total. The van der Waals surface area contributed by atoms with Gasteiger partial charge in [-0.15, -0.1) is 0 Å². The normalized spacial score (nSPS) is 19.0. The van der Waals surface area contributed by atoms with Crippen LogP contribution in [-0.2, 0) is 16.2 Å². The number of nitrogens with one attached hydrogen (secondary N) is 1. The molecule has 1 saturated heterocycles. The molecular weight excluding hydrogens is 490 g/mol. The number of hydrogen-bond donors (Lipinski definition) is 2. The molecule has 0 aromatic heterocycles. The molecule has 8 heteroatoms. The fraction of sp³-hybridized carbons (Fsp3) is 0.379. The minimum absolute atomic E-state index is 0.219. The molecule has 2 aliphatic heterocycles. The van der Waals surface area contributed by atoms with Gasteiger partial charge in [0.15, 0.2) is 5.71 Å². The minimum Gasteiger partial charge on any atom is -0.489 e. The highest BCUT2D eigenvalue weighted by molar-refractivity contribution is 6.46. The maximum atomic E-state index is 13.6. The second-order valence-corrected chi connectivity index (χ2v) is 10.5. The number of benzene rings is 3. The Morgan fingerprint density at radius 3 is 2.62 bits per heavy atom. The Bertz CT molecular complexity index is 1350. The van der Waals surface area contributed by atoms with Crippen LogP contribution in [0.25, 0.3) is 10.8 Å². The number of nitrogens with zero attached hydrogens (tertiary/aromatic N) is 2. The topological polar surface area (TPSA) is 83.4 Å². The summed E-state index contributed by atoms with van der Waals surface area (Å²) in [5.41, 5.74) is 2.51. The number of likely N-dealkylation sites (tertiary alicyclic amines) is 1. The van der Waals surface area contributed by atoms with Crippen molar-refractivity contribution in [3.05, 3.63) is 76.3 Å². The second kappa shape index (κ2) is 10.3. The Balaban J connectivity index is 1.25. The van der Waals surface area contributed by atoms with Crippen LogP contribution in [-0.4, -0.2) is 53.4 Å². The average Bonchev–Trinajstić information content (AvgIpc) is 3.58. The summed E-state index contributed by atoms with van der Waals surface area (Å²) in [6.45, 7) is 2.70. The van der Waals surface area contributed by atoms with E-state index in [-0.39, 0.29) is 17.7 Å². The van der Waals surface area contributed by atoms with Gasteiger partial charge in [-0.1, -0.05) is 47.1 Å². The van der Waals surface area contributed by atoms with E-state index < -0.39 is 12.1 Å². The molecule has 0 spiro atoms. The van der Waals surface area contributed by atoms with Crippen LogP contribution in [0.2, 0.25) is 5.02 Å². The van der Waals surface area contributed by atoms with Gasteiger partial charge in [0.2, 0.25) is 0 Å². The van der Waals surface area contributed by atoms with Crippen molar-refractivity contribution in [1.82, 2.24) is 10.2 Å². The van der Waals surface area contributed by atoms with Gasteiger partial charge in [-0.25, -0.2) is 0 Å². The molecule has 2 fully saturated rings. The number of amides is 1. The molecule has 0 bridgehead atoms. The van der Waals surface area contributed by atoms with E-state index in [1.165, 1.54) is 0 Å². The number of carbonyl (C=O) groups excluding carboxylic acids is 1. The van der Waals surface area contributed by atoms with Crippen LogP contribution in [0.3, 0.4) is 0 Å². The second-order valence-electron chi connectivity index (χ2n) is 10.1. The van der Waals surface area contributed by atoms with Crippen molar-refractivity contribution in [2.24, 2.45) is 5.16 Å². The maximum Gasteiger partial charge on any atom is 0.274 e. The number of hydrogen-bond acceptors (Lipinski definition) is 6. The highest BCUT2D eigenvalue weighted by atomic mass is 35.5. The van der Waals surface area contributed by atoms with E-state index in [0.717, 1.165) is 60.7 Å². The first kappa shape index (κ1) is 24.2. The van der Waals surface area contributed by atoms with Crippen LogP contribution in [0.1, 0.15) is 48.5 Å². The Kier molecular flexibility index (Phi) is 6.76. The van der Waals surface area contributed by atoms with E-state index in [1.54, 1.807) is 12.1 Å². The Labute approximate surface area is 221 Å². The van der Waals surface area contributed by atoms with Crippen LogP contribution < -0.4 is 10.1 Å². The Hall–Kier alpha value is -3.13. The molecule has 0 radical (unpaired) electrons. The van der Waals surface area contributed by atoms with Crippen molar-refractivity contribution in [2.45, 2.75) is 50.5 Å². The molecule has 2 heterocycles. The van der Waals surface area contributed by atoms with Crippen molar-refractivity contribution in [3.63, 3.8) is 0 Å². The number of aliphatic hydroxyl groups is 1. The standard InChI is InChI=1S/C29H30ClN3O4/c30-24-15-20(7-10-26(24)37-22-8-9-22)28(34)25(16-33-11-3-4-12-33)31-29(35)27-23-14-19-6-2-1-5-18(19)13-21(23)17-36-32-27/h1-2,5-7,10,13-15,22,25,28,34H,3-4,8-9,11-12,16-17H2,(H,31,35)/t25-,28-/m1/s1. The first-order valence-corrected chi connectivity index (χ1v) is 13.3. The zero-order valence-electron chi connectivity index (χ0n) is 20.5. The van der Waals surface area contributed by atoms with Crippen LogP contribution >= 0.6 is 11.6 Å². The molecule has 1 aliphatic carbocycles. The van der Waals surface area contributed by atoms with E-state index in [2.05, 4.69) is 15.4 Å². The maximum absolute atomic E-state index is 13.6. The van der Waals surface area contributed by atoms with Gasteiger partial charge in [-0.2, -0.15) is 0 Å². The molecule has 1 amide bonds. The first-order chi connectivity index (χ1) is 18.0. The lowest BCUT2D eigenvalue weighted by Crippen LogP contribution is -2.49. The highest BCUT2D eigenvalue weighted by Crippen LogP contribution is 2.34. The summed E-state index contributed by atoms with van der Waals surface area (Å²) >= 11 is 6.48. The van der Waals surface area contributed by atoms with Crippen LogP contribution in [0.5, 0.6) is 5.75 Å². The number of halogens is 1. The van der Waals surface area contributed by atoms with E-state index in [0.29, 0.717) is 29.5 Å². The molecule has 3 aliphatic rings. The van der Waals surface area contributed by atoms with E-state index >= 15 is 0 Å². The average molecular weight is 520 g/mol. The molecule has 3 aromatic rings. The fourth-order valence-electron chi connectivity index (χ4n) is 5.11. The van der Waals surface area contributed by atoms with Gasteiger partial charge in [0.25, 0.3) is 5.91 Å². The van der Waals surface area contributed by atoms with Gasteiger partial charge < -0.3 is 24.9 Å². The number of fused-ring (bicyclic) bond motifs is 2.